The van der Waals surface area contributed by atoms with Crippen molar-refractivity contribution < 1.29 is 9.90 Å². The number of azo groups is 1. The van der Waals surface area contributed by atoms with Gasteiger partial charge in [-0.25, -0.2) is 4.98 Å². The van der Waals surface area contributed by atoms with E-state index in [2.05, 4.69) is 31.2 Å². The average molecular weight is 377 g/mol. The van der Waals surface area contributed by atoms with Crippen molar-refractivity contribution in [1.29, 1.82) is 0 Å². The largest absolute Gasteiger partial charge is 0.483 e. The van der Waals surface area contributed by atoms with E-state index in [0.29, 0.717) is 18.1 Å². The maximum Gasteiger partial charge on any atom is 0.290 e. The first kappa shape index (κ1) is 18.8. The second-order valence-electron chi connectivity index (χ2n) is 5.90. The molecule has 9 nitrogen and oxygen atoms in total. The van der Waals surface area contributed by atoms with Crippen LogP contribution in [0.3, 0.4) is 0 Å². The third kappa shape index (κ3) is 4.21. The maximum atomic E-state index is 8.36. The van der Waals surface area contributed by atoms with E-state index < -0.39 is 0 Å². The van der Waals surface area contributed by atoms with E-state index in [1.54, 1.807) is 6.20 Å². The van der Waals surface area contributed by atoms with Gasteiger partial charge >= 0.3 is 0 Å². The Balaban J connectivity index is 0.000000706. The zero-order chi connectivity index (χ0) is 19.9. The van der Waals surface area contributed by atoms with Gasteiger partial charge in [-0.05, 0) is 29.8 Å². The molecule has 0 atom stereocenters. The number of fused-ring (bicyclic) bond motifs is 1. The molecule has 1 aliphatic rings. The number of carbonyl (C=O) groups is 1. The molecule has 0 spiro atoms. The highest BCUT2D eigenvalue weighted by molar-refractivity contribution is 5.75. The molecule has 0 fully saturated rings. The van der Waals surface area contributed by atoms with E-state index >= 15 is 0 Å². The Hall–Kier alpha value is -4.01. The van der Waals surface area contributed by atoms with E-state index in [1.807, 2.05) is 42.5 Å². The van der Waals surface area contributed by atoms with Crippen LogP contribution in [-0.2, 0) is 17.9 Å². The van der Waals surface area contributed by atoms with Crippen molar-refractivity contribution in [2.75, 3.05) is 16.4 Å². The molecular formula is C19H19N7O2. The number of pyridine rings is 2. The number of nitrogens with two attached hydrogens (primary N) is 2. The predicted octanol–water partition coefficient (Wildman–Crippen LogP) is 3.28. The van der Waals surface area contributed by atoms with Gasteiger partial charge in [-0.1, -0.05) is 24.3 Å². The molecule has 0 radical (unpaired) electrons. The van der Waals surface area contributed by atoms with Crippen LogP contribution in [0.5, 0.6) is 0 Å². The molecule has 0 aliphatic carbocycles. The first-order valence-corrected chi connectivity index (χ1v) is 8.40. The number of anilines is 3. The van der Waals surface area contributed by atoms with Crippen LogP contribution >= 0.6 is 0 Å². The Labute approximate surface area is 161 Å². The molecule has 0 amide bonds. The number of hydrogen-bond donors (Lipinski definition) is 3. The van der Waals surface area contributed by atoms with Crippen LogP contribution in [0.4, 0.5) is 28.7 Å². The molecule has 3 heterocycles. The Morgan fingerprint density at radius 2 is 1.79 bits per heavy atom. The summed E-state index contributed by atoms with van der Waals surface area (Å²) in [6, 6.07) is 15.3. The van der Waals surface area contributed by atoms with Crippen molar-refractivity contribution in [3.63, 3.8) is 0 Å². The zero-order valence-corrected chi connectivity index (χ0v) is 14.9. The molecule has 1 aliphatic heterocycles. The molecule has 0 saturated carbocycles. The Morgan fingerprint density at radius 1 is 1.04 bits per heavy atom. The molecule has 0 bridgehead atoms. The highest BCUT2D eigenvalue weighted by Gasteiger charge is 2.23. The van der Waals surface area contributed by atoms with Gasteiger partial charge in [0.15, 0.2) is 5.82 Å². The van der Waals surface area contributed by atoms with Crippen LogP contribution in [0.25, 0.3) is 0 Å². The number of aromatic nitrogens is 2. The SMILES string of the molecule is Nc1nc(N)c(N2Cc3cccnc3C2)cc1N=Nc1ccccc1.O=CO. The molecule has 142 valence electrons. The van der Waals surface area contributed by atoms with E-state index in [1.165, 1.54) is 5.56 Å². The minimum absolute atomic E-state index is 0.250. The maximum absolute atomic E-state index is 8.36. The summed E-state index contributed by atoms with van der Waals surface area (Å²) in [6.45, 7) is 1.16. The lowest BCUT2D eigenvalue weighted by Crippen LogP contribution is -2.17. The quantitative estimate of drug-likeness (QED) is 0.469. The van der Waals surface area contributed by atoms with Gasteiger partial charge in [0.1, 0.15) is 11.5 Å². The van der Waals surface area contributed by atoms with Gasteiger partial charge in [-0.15, -0.1) is 5.11 Å². The Bertz CT molecular complexity index is 968. The first-order chi connectivity index (χ1) is 13.6. The van der Waals surface area contributed by atoms with Gasteiger partial charge in [0.25, 0.3) is 6.47 Å². The topological polar surface area (TPSA) is 143 Å². The number of carboxylic acid groups (broad SMARTS) is 1. The lowest BCUT2D eigenvalue weighted by Gasteiger charge is -2.19. The number of nitrogen functional groups attached to an aromatic ring is 2. The summed E-state index contributed by atoms with van der Waals surface area (Å²) in [5.41, 5.74) is 16.3. The highest BCUT2D eigenvalue weighted by Crippen LogP contribution is 2.35. The van der Waals surface area contributed by atoms with Crippen LogP contribution in [0.15, 0.2) is 65.0 Å². The zero-order valence-electron chi connectivity index (χ0n) is 14.9. The summed E-state index contributed by atoms with van der Waals surface area (Å²) in [5, 5.41) is 15.3. The standard InChI is InChI=1S/C18H17N7.CH2O2/c19-17-14(24-23-13-6-2-1-3-7-13)9-16(18(20)22-17)25-10-12-5-4-8-21-15(12)11-25;2-1-3/h1-9H,10-11H2,(H4,19,20,22);1H,(H,2,3). The molecule has 0 saturated heterocycles. The van der Waals surface area contributed by atoms with Crippen LogP contribution in [0.1, 0.15) is 11.3 Å². The monoisotopic (exact) mass is 377 g/mol. The Kier molecular flexibility index (Phi) is 5.75. The number of benzene rings is 1. The van der Waals surface area contributed by atoms with Gasteiger partial charge in [-0.3, -0.25) is 9.78 Å². The van der Waals surface area contributed by atoms with Crippen molar-refractivity contribution in [2.45, 2.75) is 13.1 Å². The molecule has 4 rings (SSSR count). The first-order valence-electron chi connectivity index (χ1n) is 8.40. The van der Waals surface area contributed by atoms with E-state index in [4.69, 9.17) is 21.4 Å². The van der Waals surface area contributed by atoms with Crippen molar-refractivity contribution in [3.8, 4) is 0 Å². The fourth-order valence-corrected chi connectivity index (χ4v) is 2.83. The minimum atomic E-state index is -0.250. The van der Waals surface area contributed by atoms with Gasteiger partial charge < -0.3 is 21.5 Å². The van der Waals surface area contributed by atoms with E-state index in [-0.39, 0.29) is 12.3 Å². The second kappa shape index (κ2) is 8.58. The fourth-order valence-electron chi connectivity index (χ4n) is 2.83. The highest BCUT2D eigenvalue weighted by atomic mass is 16.3. The molecule has 28 heavy (non-hydrogen) atoms. The molecular weight excluding hydrogens is 358 g/mol. The summed E-state index contributed by atoms with van der Waals surface area (Å²) in [5.74, 6) is 0.639. The number of rotatable bonds is 3. The lowest BCUT2D eigenvalue weighted by molar-refractivity contribution is -0.122. The predicted molar refractivity (Wildman–Crippen MR) is 106 cm³/mol. The summed E-state index contributed by atoms with van der Waals surface area (Å²) in [6.07, 6.45) is 1.80. The van der Waals surface area contributed by atoms with Crippen molar-refractivity contribution in [1.82, 2.24) is 9.97 Å². The lowest BCUT2D eigenvalue weighted by atomic mass is 10.2. The van der Waals surface area contributed by atoms with Gasteiger partial charge in [0, 0.05) is 12.7 Å². The normalized spacial score (nSPS) is 12.4. The smallest absolute Gasteiger partial charge is 0.290 e. The van der Waals surface area contributed by atoms with E-state index in [0.717, 1.165) is 23.6 Å². The van der Waals surface area contributed by atoms with Crippen molar-refractivity contribution >= 4 is 35.2 Å². The molecule has 1 aromatic carbocycles. The summed E-state index contributed by atoms with van der Waals surface area (Å²) >= 11 is 0. The Morgan fingerprint density at radius 3 is 2.50 bits per heavy atom. The van der Waals surface area contributed by atoms with Gasteiger partial charge in [0.05, 0.1) is 23.6 Å². The van der Waals surface area contributed by atoms with Crippen molar-refractivity contribution in [2.24, 2.45) is 10.2 Å². The minimum Gasteiger partial charge on any atom is -0.483 e. The van der Waals surface area contributed by atoms with Crippen LogP contribution in [0.2, 0.25) is 0 Å². The summed E-state index contributed by atoms with van der Waals surface area (Å²) < 4.78 is 0. The summed E-state index contributed by atoms with van der Waals surface area (Å²) in [4.78, 5) is 19.1. The fraction of sp³-hybridized carbons (Fsp3) is 0.105. The average Bonchev–Trinajstić information content (AvgIpc) is 3.12. The van der Waals surface area contributed by atoms with Gasteiger partial charge in [0.2, 0.25) is 0 Å². The third-order valence-corrected chi connectivity index (χ3v) is 4.10. The van der Waals surface area contributed by atoms with Crippen LogP contribution in [-0.4, -0.2) is 21.5 Å². The molecule has 2 aromatic heterocycles. The van der Waals surface area contributed by atoms with Crippen LogP contribution < -0.4 is 16.4 Å². The molecule has 3 aromatic rings. The second-order valence-corrected chi connectivity index (χ2v) is 5.90. The molecule has 9 heteroatoms. The molecule has 5 N–H and O–H groups in total. The van der Waals surface area contributed by atoms with Gasteiger partial charge in [-0.2, -0.15) is 5.11 Å². The molecule has 0 unspecified atom stereocenters. The van der Waals surface area contributed by atoms with Crippen molar-refractivity contribution in [3.05, 3.63) is 66.0 Å². The van der Waals surface area contributed by atoms with Crippen LogP contribution in [0, 0.1) is 0 Å². The summed E-state index contributed by atoms with van der Waals surface area (Å²) in [7, 11) is 0. The third-order valence-electron chi connectivity index (χ3n) is 4.10. The number of nitrogens with zero attached hydrogens (tertiary/aromatic N) is 5. The van der Waals surface area contributed by atoms with E-state index in [9.17, 15) is 0 Å². The number of hydrogen-bond acceptors (Lipinski definition) is 8.